The highest BCUT2D eigenvalue weighted by Crippen LogP contribution is 2.42. The van der Waals surface area contributed by atoms with Crippen LogP contribution in [-0.2, 0) is 10.0 Å². The van der Waals surface area contributed by atoms with Crippen LogP contribution in [0.3, 0.4) is 0 Å². The molecule has 110 valence electrons. The van der Waals surface area contributed by atoms with Crippen LogP contribution in [0.4, 0.5) is 0 Å². The lowest BCUT2D eigenvalue weighted by Gasteiger charge is -2.31. The Labute approximate surface area is 117 Å². The van der Waals surface area contributed by atoms with Crippen LogP contribution in [0, 0.1) is 22.7 Å². The maximum atomic E-state index is 12.0. The molecular formula is C14H26N2O2S. The van der Waals surface area contributed by atoms with E-state index in [-0.39, 0.29) is 5.41 Å². The lowest BCUT2D eigenvalue weighted by atomic mass is 9.79. The first-order valence-electron chi connectivity index (χ1n) is 7.23. The zero-order chi connectivity index (χ0) is 14.5. The molecule has 0 radical (unpaired) electrons. The van der Waals surface area contributed by atoms with Crippen LogP contribution in [0.25, 0.3) is 0 Å². The average molecular weight is 286 g/mol. The third kappa shape index (κ3) is 4.47. The fourth-order valence-corrected chi connectivity index (χ4v) is 4.46. The van der Waals surface area contributed by atoms with Crippen molar-refractivity contribution in [1.29, 1.82) is 5.26 Å². The molecule has 0 heterocycles. The number of nitriles is 1. The molecule has 1 rings (SSSR count). The molecule has 0 spiro atoms. The maximum absolute atomic E-state index is 12.0. The van der Waals surface area contributed by atoms with Crippen LogP contribution in [0.5, 0.6) is 0 Å². The van der Waals surface area contributed by atoms with Gasteiger partial charge in [0.1, 0.15) is 0 Å². The predicted octanol–water partition coefficient (Wildman–Crippen LogP) is 2.81. The number of nitrogens with zero attached hydrogens (tertiary/aromatic N) is 1. The van der Waals surface area contributed by atoms with Gasteiger partial charge in [-0.3, -0.25) is 0 Å². The third-order valence-electron chi connectivity index (χ3n) is 4.04. The molecule has 0 aliphatic heterocycles. The van der Waals surface area contributed by atoms with Gasteiger partial charge in [-0.25, -0.2) is 13.1 Å². The van der Waals surface area contributed by atoms with Crippen LogP contribution in [0.1, 0.15) is 59.3 Å². The van der Waals surface area contributed by atoms with E-state index in [0.29, 0.717) is 18.9 Å². The molecule has 1 saturated carbocycles. The molecule has 1 N–H and O–H groups in total. The zero-order valence-corrected chi connectivity index (χ0v) is 13.1. The van der Waals surface area contributed by atoms with Crippen molar-refractivity contribution < 1.29 is 8.42 Å². The highest BCUT2D eigenvalue weighted by molar-refractivity contribution is 7.90. The van der Waals surface area contributed by atoms with Gasteiger partial charge in [-0.05, 0) is 37.0 Å². The summed E-state index contributed by atoms with van der Waals surface area (Å²) in [6, 6.07) is 1.87. The standard InChI is InChI=1S/C14H26N2O2S/c1-4-13(10-15)19(17,18)16-11-14(9-12(2)3)7-5-6-8-14/h12-13,16H,4-9,11H2,1-3H3. The smallest absolute Gasteiger partial charge is 0.214 e. The van der Waals surface area contributed by atoms with Gasteiger partial charge in [-0.15, -0.1) is 0 Å². The van der Waals surface area contributed by atoms with E-state index in [9.17, 15) is 8.42 Å². The van der Waals surface area contributed by atoms with Crippen LogP contribution >= 0.6 is 0 Å². The second-order valence-electron chi connectivity index (χ2n) is 6.20. The first kappa shape index (κ1) is 16.5. The Hall–Kier alpha value is -0.600. The van der Waals surface area contributed by atoms with E-state index in [4.69, 9.17) is 5.26 Å². The molecule has 0 bridgehead atoms. The van der Waals surface area contributed by atoms with Crippen LogP contribution in [0.2, 0.25) is 0 Å². The number of hydrogen-bond acceptors (Lipinski definition) is 3. The molecule has 1 atom stereocenters. The molecule has 0 amide bonds. The van der Waals surface area contributed by atoms with Crippen molar-refractivity contribution in [1.82, 2.24) is 4.72 Å². The minimum Gasteiger partial charge on any atom is -0.214 e. The number of hydrogen-bond donors (Lipinski definition) is 1. The second-order valence-corrected chi connectivity index (χ2v) is 8.14. The Morgan fingerprint density at radius 3 is 2.32 bits per heavy atom. The van der Waals surface area contributed by atoms with Crippen molar-refractivity contribution in [2.45, 2.75) is 64.5 Å². The molecule has 4 nitrogen and oxygen atoms in total. The fourth-order valence-electron chi connectivity index (χ4n) is 3.18. The van der Waals surface area contributed by atoms with E-state index in [2.05, 4.69) is 18.6 Å². The Morgan fingerprint density at radius 2 is 1.89 bits per heavy atom. The van der Waals surface area contributed by atoms with Crippen molar-refractivity contribution in [3.63, 3.8) is 0 Å². The largest absolute Gasteiger partial charge is 0.227 e. The Morgan fingerprint density at radius 1 is 1.32 bits per heavy atom. The molecule has 5 heteroatoms. The summed E-state index contributed by atoms with van der Waals surface area (Å²) in [4.78, 5) is 0. The molecule has 0 aromatic heterocycles. The Balaban J connectivity index is 2.70. The minimum atomic E-state index is -3.50. The summed E-state index contributed by atoms with van der Waals surface area (Å²) < 4.78 is 26.8. The van der Waals surface area contributed by atoms with Crippen molar-refractivity contribution in [3.05, 3.63) is 0 Å². The predicted molar refractivity (Wildman–Crippen MR) is 77.0 cm³/mol. The van der Waals surface area contributed by atoms with Gasteiger partial charge in [0.05, 0.1) is 6.07 Å². The van der Waals surface area contributed by atoms with E-state index in [1.807, 2.05) is 6.07 Å². The molecular weight excluding hydrogens is 260 g/mol. The van der Waals surface area contributed by atoms with E-state index in [0.717, 1.165) is 19.3 Å². The average Bonchev–Trinajstić information content (AvgIpc) is 2.76. The fraction of sp³-hybridized carbons (Fsp3) is 0.929. The Kier molecular flexibility index (Phi) is 5.82. The van der Waals surface area contributed by atoms with Gasteiger partial charge in [-0.1, -0.05) is 33.6 Å². The monoisotopic (exact) mass is 286 g/mol. The van der Waals surface area contributed by atoms with E-state index in [1.165, 1.54) is 12.8 Å². The number of nitrogens with one attached hydrogen (secondary N) is 1. The van der Waals surface area contributed by atoms with Crippen molar-refractivity contribution in [2.75, 3.05) is 6.54 Å². The molecule has 1 aliphatic rings. The first-order valence-corrected chi connectivity index (χ1v) is 8.78. The van der Waals surface area contributed by atoms with Gasteiger partial charge in [0.25, 0.3) is 0 Å². The third-order valence-corrected chi connectivity index (χ3v) is 5.78. The minimum absolute atomic E-state index is 0.106. The molecule has 1 aliphatic carbocycles. The molecule has 0 saturated heterocycles. The van der Waals surface area contributed by atoms with Crippen molar-refractivity contribution >= 4 is 10.0 Å². The highest BCUT2D eigenvalue weighted by atomic mass is 32.2. The van der Waals surface area contributed by atoms with E-state index in [1.54, 1.807) is 6.92 Å². The quantitative estimate of drug-likeness (QED) is 0.782. The van der Waals surface area contributed by atoms with Crippen LogP contribution in [0.15, 0.2) is 0 Å². The normalized spacial score (nSPS) is 20.4. The van der Waals surface area contributed by atoms with Crippen molar-refractivity contribution in [2.24, 2.45) is 11.3 Å². The Bertz CT molecular complexity index is 417. The van der Waals surface area contributed by atoms with Gasteiger partial charge >= 0.3 is 0 Å². The summed E-state index contributed by atoms with van der Waals surface area (Å²) >= 11 is 0. The molecule has 1 unspecified atom stereocenters. The van der Waals surface area contributed by atoms with Crippen LogP contribution < -0.4 is 4.72 Å². The summed E-state index contributed by atoms with van der Waals surface area (Å²) in [6.07, 6.45) is 5.95. The molecule has 0 aromatic rings. The van der Waals surface area contributed by atoms with Gasteiger partial charge in [0, 0.05) is 6.54 Å². The second kappa shape index (κ2) is 6.71. The van der Waals surface area contributed by atoms with Crippen molar-refractivity contribution in [3.8, 4) is 6.07 Å². The number of sulfonamides is 1. The molecule has 19 heavy (non-hydrogen) atoms. The van der Waals surface area contributed by atoms with Gasteiger partial charge in [-0.2, -0.15) is 5.26 Å². The summed E-state index contributed by atoms with van der Waals surface area (Å²) in [7, 11) is -3.50. The van der Waals surface area contributed by atoms with E-state index >= 15 is 0 Å². The summed E-state index contributed by atoms with van der Waals surface area (Å²) in [5.41, 5.74) is 0.106. The zero-order valence-electron chi connectivity index (χ0n) is 12.3. The summed E-state index contributed by atoms with van der Waals surface area (Å²) in [5, 5.41) is 7.97. The first-order chi connectivity index (χ1) is 8.85. The topological polar surface area (TPSA) is 70.0 Å². The summed E-state index contributed by atoms with van der Waals surface area (Å²) in [5.74, 6) is 0.570. The van der Waals surface area contributed by atoms with Gasteiger partial charge in [0.2, 0.25) is 10.0 Å². The maximum Gasteiger partial charge on any atom is 0.227 e. The number of rotatable bonds is 7. The lowest BCUT2D eigenvalue weighted by Crippen LogP contribution is -2.40. The highest BCUT2D eigenvalue weighted by Gasteiger charge is 2.36. The van der Waals surface area contributed by atoms with E-state index < -0.39 is 15.3 Å². The lowest BCUT2D eigenvalue weighted by molar-refractivity contribution is 0.236. The van der Waals surface area contributed by atoms with Gasteiger partial charge in [0.15, 0.2) is 5.25 Å². The summed E-state index contributed by atoms with van der Waals surface area (Å²) in [6.45, 7) is 6.58. The van der Waals surface area contributed by atoms with Gasteiger partial charge < -0.3 is 0 Å². The molecule has 0 aromatic carbocycles. The van der Waals surface area contributed by atoms with Crippen LogP contribution in [-0.4, -0.2) is 20.2 Å². The molecule has 1 fully saturated rings. The SMILES string of the molecule is CCC(C#N)S(=O)(=O)NCC1(CC(C)C)CCCC1.